The molecule has 3 N–H and O–H groups in total. The predicted octanol–water partition coefficient (Wildman–Crippen LogP) is 1.44. The minimum atomic E-state index is -0.223. The second kappa shape index (κ2) is 6.02. The van der Waals surface area contributed by atoms with Gasteiger partial charge in [0.05, 0.1) is 0 Å². The normalized spacial score (nSPS) is 21.7. The number of hydrogen-bond donors (Lipinski definition) is 2. The monoisotopic (exact) mass is 288 g/mol. The Bertz CT molecular complexity index is 478. The second-order valence-corrected chi connectivity index (χ2v) is 6.41. The molecule has 3 rings (SSSR count). The van der Waals surface area contributed by atoms with E-state index in [0.717, 1.165) is 51.0 Å². The Kier molecular flexibility index (Phi) is 4.10. The molecule has 1 aliphatic carbocycles. The van der Waals surface area contributed by atoms with Gasteiger partial charge in [0.1, 0.15) is 5.82 Å². The van der Waals surface area contributed by atoms with E-state index < -0.39 is 0 Å². The molecule has 1 aromatic heterocycles. The van der Waals surface area contributed by atoms with Crippen LogP contribution in [-0.4, -0.2) is 35.6 Å². The summed E-state index contributed by atoms with van der Waals surface area (Å²) in [6.45, 7) is 1.88. The van der Waals surface area contributed by atoms with Crippen molar-refractivity contribution in [1.29, 1.82) is 0 Å². The number of anilines is 1. The van der Waals surface area contributed by atoms with Gasteiger partial charge in [-0.3, -0.25) is 4.79 Å². The molecule has 1 saturated heterocycles. The first kappa shape index (κ1) is 14.3. The van der Waals surface area contributed by atoms with Crippen LogP contribution in [0.1, 0.15) is 38.5 Å². The minimum absolute atomic E-state index is 0.119. The molecule has 2 fully saturated rings. The van der Waals surface area contributed by atoms with Crippen molar-refractivity contribution in [2.45, 2.75) is 50.1 Å². The van der Waals surface area contributed by atoms with Crippen LogP contribution in [-0.2, 0) is 4.79 Å². The van der Waals surface area contributed by atoms with Crippen LogP contribution in [0.2, 0.25) is 0 Å². The van der Waals surface area contributed by atoms with Gasteiger partial charge in [-0.1, -0.05) is 6.07 Å². The first-order chi connectivity index (χ1) is 10.1. The highest BCUT2D eigenvalue weighted by Gasteiger charge is 2.35. The Labute approximate surface area is 125 Å². The average molecular weight is 288 g/mol. The van der Waals surface area contributed by atoms with E-state index >= 15 is 0 Å². The summed E-state index contributed by atoms with van der Waals surface area (Å²) in [6.07, 6.45) is 7.37. The molecule has 0 bridgehead atoms. The van der Waals surface area contributed by atoms with Crippen molar-refractivity contribution in [3.8, 4) is 0 Å². The molecule has 2 aliphatic rings. The van der Waals surface area contributed by atoms with Crippen LogP contribution >= 0.6 is 0 Å². The quantitative estimate of drug-likeness (QED) is 0.879. The highest BCUT2D eigenvalue weighted by atomic mass is 16.1. The van der Waals surface area contributed by atoms with Crippen molar-refractivity contribution in [2.75, 3.05) is 18.0 Å². The molecule has 1 aromatic rings. The van der Waals surface area contributed by atoms with Gasteiger partial charge in [-0.05, 0) is 44.2 Å². The molecule has 2 heterocycles. The van der Waals surface area contributed by atoms with E-state index in [1.807, 2.05) is 24.4 Å². The van der Waals surface area contributed by atoms with Crippen LogP contribution in [0.15, 0.2) is 24.4 Å². The van der Waals surface area contributed by atoms with Crippen LogP contribution in [0.4, 0.5) is 5.82 Å². The smallest absolute Gasteiger partial charge is 0.222 e. The van der Waals surface area contributed by atoms with E-state index in [1.54, 1.807) is 0 Å². The number of rotatable bonds is 4. The summed E-state index contributed by atoms with van der Waals surface area (Å²) in [5.74, 6) is 1.14. The number of pyridine rings is 1. The van der Waals surface area contributed by atoms with E-state index in [4.69, 9.17) is 5.73 Å². The first-order valence-corrected chi connectivity index (χ1v) is 7.89. The summed E-state index contributed by atoms with van der Waals surface area (Å²) in [7, 11) is 0. The predicted molar refractivity (Wildman–Crippen MR) is 83.0 cm³/mol. The highest BCUT2D eigenvalue weighted by molar-refractivity contribution is 5.77. The molecule has 21 heavy (non-hydrogen) atoms. The van der Waals surface area contributed by atoms with Crippen molar-refractivity contribution >= 4 is 11.7 Å². The molecule has 1 aliphatic heterocycles. The average Bonchev–Trinajstić information content (AvgIpc) is 2.47. The summed E-state index contributed by atoms with van der Waals surface area (Å²) in [5, 5.41) is 3.15. The summed E-state index contributed by atoms with van der Waals surface area (Å²) >= 11 is 0. The van der Waals surface area contributed by atoms with Crippen molar-refractivity contribution in [1.82, 2.24) is 10.3 Å². The number of piperidine rings is 1. The zero-order valence-electron chi connectivity index (χ0n) is 12.4. The topological polar surface area (TPSA) is 71.2 Å². The van der Waals surface area contributed by atoms with Gasteiger partial charge in [-0.2, -0.15) is 0 Å². The Morgan fingerprint density at radius 1 is 1.38 bits per heavy atom. The van der Waals surface area contributed by atoms with Gasteiger partial charge in [0.15, 0.2) is 0 Å². The van der Waals surface area contributed by atoms with Crippen LogP contribution in [0.5, 0.6) is 0 Å². The first-order valence-electron chi connectivity index (χ1n) is 7.89. The van der Waals surface area contributed by atoms with Crippen LogP contribution in [0, 0.1) is 0 Å². The minimum Gasteiger partial charge on any atom is -0.356 e. The third-order valence-corrected chi connectivity index (χ3v) is 4.70. The van der Waals surface area contributed by atoms with Crippen LogP contribution < -0.4 is 16.0 Å². The molecule has 0 unspecified atom stereocenters. The van der Waals surface area contributed by atoms with Crippen molar-refractivity contribution in [3.05, 3.63) is 24.4 Å². The number of carbonyl (C=O) groups excluding carboxylic acids is 1. The lowest BCUT2D eigenvalue weighted by Crippen LogP contribution is -2.52. The molecule has 0 atom stereocenters. The van der Waals surface area contributed by atoms with Crippen LogP contribution in [0.25, 0.3) is 0 Å². The third kappa shape index (κ3) is 3.53. The fourth-order valence-electron chi connectivity index (χ4n) is 3.20. The number of aromatic nitrogens is 1. The van der Waals surface area contributed by atoms with Gasteiger partial charge in [0.2, 0.25) is 5.91 Å². The lowest BCUT2D eigenvalue weighted by atomic mass is 9.75. The maximum atomic E-state index is 12.1. The number of nitrogens with one attached hydrogen (secondary N) is 1. The number of amides is 1. The largest absolute Gasteiger partial charge is 0.356 e. The SMILES string of the molecule is NC1(CC(=O)NC2CCN(c3ccccn3)CC2)CCC1. The number of nitrogens with zero attached hydrogens (tertiary/aromatic N) is 2. The number of nitrogens with two attached hydrogens (primary N) is 1. The molecule has 5 heteroatoms. The molecule has 1 amide bonds. The van der Waals surface area contributed by atoms with Crippen molar-refractivity contribution in [3.63, 3.8) is 0 Å². The molecule has 0 radical (unpaired) electrons. The fourth-order valence-corrected chi connectivity index (χ4v) is 3.20. The fraction of sp³-hybridized carbons (Fsp3) is 0.625. The molecule has 1 saturated carbocycles. The molecule has 5 nitrogen and oxygen atoms in total. The van der Waals surface area contributed by atoms with E-state index in [0.29, 0.717) is 6.42 Å². The van der Waals surface area contributed by atoms with Gasteiger partial charge in [0, 0.05) is 37.3 Å². The van der Waals surface area contributed by atoms with Crippen LogP contribution in [0.3, 0.4) is 0 Å². The Balaban J connectivity index is 1.44. The Hall–Kier alpha value is -1.62. The lowest BCUT2D eigenvalue weighted by Gasteiger charge is -2.38. The molecular formula is C16H24N4O. The zero-order chi connectivity index (χ0) is 14.7. The maximum Gasteiger partial charge on any atom is 0.222 e. The zero-order valence-corrected chi connectivity index (χ0v) is 12.4. The van der Waals surface area contributed by atoms with Crippen molar-refractivity contribution in [2.24, 2.45) is 5.73 Å². The van der Waals surface area contributed by atoms with E-state index in [2.05, 4.69) is 15.2 Å². The standard InChI is InChI=1S/C16H24N4O/c17-16(7-3-8-16)12-15(21)19-13-5-10-20(11-6-13)14-4-1-2-9-18-14/h1-2,4,9,13H,3,5-8,10-12,17H2,(H,19,21). The number of hydrogen-bond acceptors (Lipinski definition) is 4. The van der Waals surface area contributed by atoms with Gasteiger partial charge in [0.25, 0.3) is 0 Å². The van der Waals surface area contributed by atoms with Gasteiger partial charge < -0.3 is 16.0 Å². The van der Waals surface area contributed by atoms with E-state index in [9.17, 15) is 4.79 Å². The molecule has 0 spiro atoms. The lowest BCUT2D eigenvalue weighted by molar-refractivity contribution is -0.123. The Morgan fingerprint density at radius 2 is 2.14 bits per heavy atom. The highest BCUT2D eigenvalue weighted by Crippen LogP contribution is 2.32. The molecular weight excluding hydrogens is 264 g/mol. The Morgan fingerprint density at radius 3 is 2.71 bits per heavy atom. The summed E-state index contributed by atoms with van der Waals surface area (Å²) in [5.41, 5.74) is 5.91. The van der Waals surface area contributed by atoms with Crippen molar-refractivity contribution < 1.29 is 4.79 Å². The second-order valence-electron chi connectivity index (χ2n) is 6.41. The van der Waals surface area contributed by atoms with Gasteiger partial charge in [-0.25, -0.2) is 4.98 Å². The van der Waals surface area contributed by atoms with E-state index in [-0.39, 0.29) is 17.5 Å². The number of carbonyl (C=O) groups is 1. The van der Waals surface area contributed by atoms with Gasteiger partial charge >= 0.3 is 0 Å². The molecule has 0 aromatic carbocycles. The van der Waals surface area contributed by atoms with E-state index in [1.165, 1.54) is 0 Å². The van der Waals surface area contributed by atoms with Gasteiger partial charge in [-0.15, -0.1) is 0 Å². The third-order valence-electron chi connectivity index (χ3n) is 4.70. The summed E-state index contributed by atoms with van der Waals surface area (Å²) in [4.78, 5) is 18.7. The summed E-state index contributed by atoms with van der Waals surface area (Å²) in [6, 6.07) is 6.25. The maximum absolute atomic E-state index is 12.1. The summed E-state index contributed by atoms with van der Waals surface area (Å²) < 4.78 is 0. The molecule has 114 valence electrons.